The summed E-state index contributed by atoms with van der Waals surface area (Å²) in [6.45, 7) is 3.84. The third-order valence-corrected chi connectivity index (χ3v) is 7.46. The minimum Gasteiger partial charge on any atom is -0.508 e. The molecule has 4 nitrogen and oxygen atoms in total. The molecule has 1 saturated heterocycles. The number of likely N-dealkylation sites (tertiary alicyclic amines) is 1. The van der Waals surface area contributed by atoms with E-state index in [9.17, 15) is 13.9 Å². The molecule has 37 heavy (non-hydrogen) atoms. The van der Waals surface area contributed by atoms with Gasteiger partial charge in [0.05, 0.1) is 6.61 Å². The van der Waals surface area contributed by atoms with Gasteiger partial charge in [0.2, 0.25) is 0 Å². The van der Waals surface area contributed by atoms with E-state index in [2.05, 4.69) is 4.90 Å². The quantitative estimate of drug-likeness (QED) is 0.321. The molecule has 0 aliphatic carbocycles. The van der Waals surface area contributed by atoms with E-state index in [1.165, 1.54) is 25.3 Å². The molecule has 1 N–H and O–H groups in total. The smallest absolute Gasteiger partial charge is 0.132 e. The maximum atomic E-state index is 14.8. The summed E-state index contributed by atoms with van der Waals surface area (Å²) in [6, 6.07) is 18.9. The molecule has 0 aromatic heterocycles. The summed E-state index contributed by atoms with van der Waals surface area (Å²) in [5.74, 6) is -0.307. The fourth-order valence-corrected chi connectivity index (χ4v) is 5.58. The number of phenols is 1. The second-order valence-electron chi connectivity index (χ2n) is 9.86. The highest BCUT2D eigenvalue weighted by molar-refractivity contribution is 5.94. The average Bonchev–Trinajstić information content (AvgIpc) is 3.07. The van der Waals surface area contributed by atoms with Crippen molar-refractivity contribution in [2.45, 2.75) is 32.0 Å². The number of phenolic OH excluding ortho intramolecular Hbond substituents is 1. The highest BCUT2D eigenvalue weighted by Crippen LogP contribution is 2.45. The van der Waals surface area contributed by atoms with E-state index in [0.29, 0.717) is 17.7 Å². The molecule has 6 heteroatoms. The van der Waals surface area contributed by atoms with E-state index in [0.717, 1.165) is 58.9 Å². The number of nitrogens with zero attached hydrogens (tertiary/aromatic N) is 1. The molecule has 4 aromatic carbocycles. The summed E-state index contributed by atoms with van der Waals surface area (Å²) in [7, 11) is 0. The number of hydrogen-bond acceptors (Lipinski definition) is 4. The van der Waals surface area contributed by atoms with Gasteiger partial charge in [0, 0.05) is 23.7 Å². The first kappa shape index (κ1) is 23.9. The lowest BCUT2D eigenvalue weighted by molar-refractivity contribution is 0.0683. The summed E-state index contributed by atoms with van der Waals surface area (Å²) in [6.07, 6.45) is 3.31. The molecule has 6 rings (SSSR count). The van der Waals surface area contributed by atoms with E-state index in [4.69, 9.17) is 9.47 Å². The van der Waals surface area contributed by atoms with Crippen LogP contribution in [0, 0.1) is 11.6 Å². The van der Waals surface area contributed by atoms with Crippen molar-refractivity contribution in [3.63, 3.8) is 0 Å². The van der Waals surface area contributed by atoms with Crippen LogP contribution in [0.3, 0.4) is 0 Å². The fraction of sp³-hybridized carbons (Fsp3) is 0.290. The number of piperidine rings is 1. The highest BCUT2D eigenvalue weighted by Gasteiger charge is 2.28. The van der Waals surface area contributed by atoms with E-state index >= 15 is 0 Å². The number of aromatic hydroxyl groups is 1. The van der Waals surface area contributed by atoms with Gasteiger partial charge in [0.1, 0.15) is 35.8 Å². The Bertz CT molecular complexity index is 1430. The van der Waals surface area contributed by atoms with E-state index < -0.39 is 17.7 Å². The Hall–Kier alpha value is -3.48. The van der Waals surface area contributed by atoms with Gasteiger partial charge in [-0.3, -0.25) is 4.90 Å². The van der Waals surface area contributed by atoms with Gasteiger partial charge in [-0.05, 0) is 83.7 Å². The molecule has 0 radical (unpaired) electrons. The topological polar surface area (TPSA) is 41.9 Å². The monoisotopic (exact) mass is 501 g/mol. The third kappa shape index (κ3) is 4.79. The molecular weight excluding hydrogens is 472 g/mol. The van der Waals surface area contributed by atoms with Gasteiger partial charge in [0.15, 0.2) is 0 Å². The standard InChI is InChI=1S/C31H29F2NO3/c32-22-17-27-26-10-6-21-16-23(35)7-11-25(21)30(26)31(37-19-28(27)29(33)18-22)20-4-8-24(9-5-20)36-15-14-34-12-2-1-3-13-34/h4-11,16-18,31,35H,1-3,12-15,19H2. The maximum Gasteiger partial charge on any atom is 0.132 e. The third-order valence-electron chi connectivity index (χ3n) is 7.46. The van der Waals surface area contributed by atoms with Crippen molar-refractivity contribution in [2.75, 3.05) is 26.2 Å². The Morgan fingerprint density at radius 3 is 2.51 bits per heavy atom. The molecule has 4 aromatic rings. The fourth-order valence-electron chi connectivity index (χ4n) is 5.58. The minimum absolute atomic E-state index is 0.00839. The van der Waals surface area contributed by atoms with Gasteiger partial charge in [-0.2, -0.15) is 0 Å². The van der Waals surface area contributed by atoms with Crippen molar-refractivity contribution >= 4 is 10.8 Å². The van der Waals surface area contributed by atoms with Crippen molar-refractivity contribution in [1.82, 2.24) is 4.90 Å². The van der Waals surface area contributed by atoms with Gasteiger partial charge < -0.3 is 14.6 Å². The molecule has 2 aliphatic rings. The molecule has 0 amide bonds. The molecule has 190 valence electrons. The molecule has 0 saturated carbocycles. The lowest BCUT2D eigenvalue weighted by Crippen LogP contribution is -2.33. The number of benzene rings is 4. The first-order valence-electron chi connectivity index (χ1n) is 12.9. The molecule has 1 unspecified atom stereocenters. The highest BCUT2D eigenvalue weighted by atomic mass is 19.1. The van der Waals surface area contributed by atoms with Crippen LogP contribution < -0.4 is 4.74 Å². The summed E-state index contributed by atoms with van der Waals surface area (Å²) in [5.41, 5.74) is 3.25. The Morgan fingerprint density at radius 2 is 1.70 bits per heavy atom. The normalized spacial score (nSPS) is 17.7. The Kier molecular flexibility index (Phi) is 6.53. The molecule has 2 heterocycles. The molecule has 1 fully saturated rings. The molecule has 2 aliphatic heterocycles. The molecule has 0 bridgehead atoms. The van der Waals surface area contributed by atoms with Crippen LogP contribution in [0.1, 0.15) is 42.1 Å². The summed E-state index contributed by atoms with van der Waals surface area (Å²) in [4.78, 5) is 2.44. The Morgan fingerprint density at radius 1 is 0.892 bits per heavy atom. The van der Waals surface area contributed by atoms with Crippen molar-refractivity contribution in [3.05, 3.63) is 95.1 Å². The van der Waals surface area contributed by atoms with E-state index in [1.807, 2.05) is 42.5 Å². The van der Waals surface area contributed by atoms with Crippen LogP contribution in [0.5, 0.6) is 11.5 Å². The molecule has 1 atom stereocenters. The predicted molar refractivity (Wildman–Crippen MR) is 140 cm³/mol. The van der Waals surface area contributed by atoms with Crippen LogP contribution in [0.15, 0.2) is 66.7 Å². The number of hydrogen-bond donors (Lipinski definition) is 1. The van der Waals surface area contributed by atoms with Crippen LogP contribution in [0.25, 0.3) is 21.9 Å². The second kappa shape index (κ2) is 10.1. The van der Waals surface area contributed by atoms with Gasteiger partial charge >= 0.3 is 0 Å². The van der Waals surface area contributed by atoms with Crippen molar-refractivity contribution in [2.24, 2.45) is 0 Å². The van der Waals surface area contributed by atoms with Gasteiger partial charge in [-0.1, -0.05) is 36.8 Å². The summed E-state index contributed by atoms with van der Waals surface area (Å²) in [5, 5.41) is 11.7. The van der Waals surface area contributed by atoms with Crippen LogP contribution in [0.2, 0.25) is 0 Å². The lowest BCUT2D eigenvalue weighted by atomic mass is 9.87. The average molecular weight is 502 g/mol. The second-order valence-corrected chi connectivity index (χ2v) is 9.86. The Labute approximate surface area is 215 Å². The number of rotatable bonds is 5. The number of halogens is 2. The van der Waals surface area contributed by atoms with E-state index in [1.54, 1.807) is 12.1 Å². The zero-order chi connectivity index (χ0) is 25.4. The first-order valence-corrected chi connectivity index (χ1v) is 12.9. The van der Waals surface area contributed by atoms with Crippen LogP contribution in [-0.2, 0) is 11.3 Å². The van der Waals surface area contributed by atoms with Crippen molar-refractivity contribution in [3.8, 4) is 22.6 Å². The maximum absolute atomic E-state index is 14.8. The van der Waals surface area contributed by atoms with Gasteiger partial charge in [-0.15, -0.1) is 0 Å². The minimum atomic E-state index is -0.627. The molecule has 0 spiro atoms. The summed E-state index contributed by atoms with van der Waals surface area (Å²) >= 11 is 0. The largest absolute Gasteiger partial charge is 0.508 e. The predicted octanol–water partition coefficient (Wildman–Crippen LogP) is 6.97. The summed E-state index contributed by atoms with van der Waals surface area (Å²) < 4.78 is 41.5. The van der Waals surface area contributed by atoms with Crippen LogP contribution in [0.4, 0.5) is 8.78 Å². The van der Waals surface area contributed by atoms with Gasteiger partial charge in [-0.25, -0.2) is 8.78 Å². The lowest BCUT2D eigenvalue weighted by Gasteiger charge is -2.26. The van der Waals surface area contributed by atoms with Crippen LogP contribution in [-0.4, -0.2) is 36.2 Å². The van der Waals surface area contributed by atoms with Gasteiger partial charge in [0.25, 0.3) is 0 Å². The zero-order valence-electron chi connectivity index (χ0n) is 20.6. The number of fused-ring (bicyclic) bond motifs is 5. The Balaban J connectivity index is 1.35. The van der Waals surface area contributed by atoms with Crippen molar-refractivity contribution in [1.29, 1.82) is 0 Å². The molecular formula is C31H29F2NO3. The van der Waals surface area contributed by atoms with E-state index in [-0.39, 0.29) is 12.4 Å². The van der Waals surface area contributed by atoms with Crippen LogP contribution >= 0.6 is 0 Å². The van der Waals surface area contributed by atoms with Crippen molar-refractivity contribution < 1.29 is 23.4 Å². The SMILES string of the molecule is Oc1ccc2c3c(ccc2c1)-c1cc(F)cc(F)c1COC3c1ccc(OCCN2CCCCC2)cc1. The first-order chi connectivity index (χ1) is 18.1. The number of ether oxygens (including phenoxy) is 2. The zero-order valence-corrected chi connectivity index (χ0v) is 20.6.